The van der Waals surface area contributed by atoms with E-state index in [1.165, 1.54) is 38.0 Å². The van der Waals surface area contributed by atoms with Crippen LogP contribution < -0.4 is 11.1 Å². The van der Waals surface area contributed by atoms with Crippen molar-refractivity contribution in [1.82, 2.24) is 4.90 Å². The molecule has 0 amide bonds. The quantitative estimate of drug-likeness (QED) is 0.898. The highest BCUT2D eigenvalue weighted by Gasteiger charge is 2.40. The third-order valence-electron chi connectivity index (χ3n) is 4.65. The van der Waals surface area contributed by atoms with Crippen LogP contribution in [0.25, 0.3) is 0 Å². The summed E-state index contributed by atoms with van der Waals surface area (Å²) in [6.07, 6.45) is 5.02. The molecule has 2 atom stereocenters. The SMILES string of the molecule is NCC1(Nc2ccc(Br)cc2)CCN2CCCC2C1. The molecule has 3 rings (SSSR count). The summed E-state index contributed by atoms with van der Waals surface area (Å²) < 4.78 is 1.12. The van der Waals surface area contributed by atoms with E-state index in [0.717, 1.165) is 16.9 Å². The van der Waals surface area contributed by atoms with E-state index >= 15 is 0 Å². The van der Waals surface area contributed by atoms with Crippen LogP contribution >= 0.6 is 15.9 Å². The maximum atomic E-state index is 6.11. The molecule has 0 bridgehead atoms. The van der Waals surface area contributed by atoms with Gasteiger partial charge in [0.05, 0.1) is 5.54 Å². The van der Waals surface area contributed by atoms with E-state index in [1.807, 2.05) is 0 Å². The van der Waals surface area contributed by atoms with Crippen LogP contribution in [0.1, 0.15) is 25.7 Å². The molecule has 2 saturated heterocycles. The van der Waals surface area contributed by atoms with E-state index in [-0.39, 0.29) is 5.54 Å². The Kier molecular flexibility index (Phi) is 3.83. The number of nitrogens with two attached hydrogens (primary N) is 1. The number of nitrogens with zero attached hydrogens (tertiary/aromatic N) is 1. The first-order chi connectivity index (χ1) is 9.21. The summed E-state index contributed by atoms with van der Waals surface area (Å²) in [6.45, 7) is 3.18. The van der Waals surface area contributed by atoms with Crippen molar-refractivity contribution in [3.8, 4) is 0 Å². The average Bonchev–Trinajstić information content (AvgIpc) is 2.88. The fourth-order valence-electron chi connectivity index (χ4n) is 3.52. The predicted molar refractivity (Wildman–Crippen MR) is 83.4 cm³/mol. The van der Waals surface area contributed by atoms with Gasteiger partial charge in [-0.3, -0.25) is 0 Å². The van der Waals surface area contributed by atoms with Crippen molar-refractivity contribution in [2.45, 2.75) is 37.3 Å². The van der Waals surface area contributed by atoms with E-state index in [4.69, 9.17) is 5.73 Å². The van der Waals surface area contributed by atoms with Crippen LogP contribution in [0, 0.1) is 0 Å². The van der Waals surface area contributed by atoms with Gasteiger partial charge in [-0.2, -0.15) is 0 Å². The molecule has 2 heterocycles. The molecule has 0 saturated carbocycles. The summed E-state index contributed by atoms with van der Waals surface area (Å²) in [5.41, 5.74) is 7.37. The molecule has 3 nitrogen and oxygen atoms in total. The summed E-state index contributed by atoms with van der Waals surface area (Å²) in [6, 6.07) is 9.15. The normalized spacial score (nSPS) is 31.2. The smallest absolute Gasteiger partial charge is 0.0522 e. The average molecular weight is 324 g/mol. The molecule has 1 aromatic carbocycles. The van der Waals surface area contributed by atoms with Gasteiger partial charge >= 0.3 is 0 Å². The Morgan fingerprint density at radius 3 is 2.84 bits per heavy atom. The molecule has 2 aliphatic rings. The van der Waals surface area contributed by atoms with Gasteiger partial charge in [-0.1, -0.05) is 15.9 Å². The molecule has 1 aromatic rings. The fraction of sp³-hybridized carbons (Fsp3) is 0.600. The lowest BCUT2D eigenvalue weighted by molar-refractivity contribution is 0.145. The minimum absolute atomic E-state index is 0.0827. The third kappa shape index (κ3) is 2.81. The van der Waals surface area contributed by atoms with Gasteiger partial charge in [-0.25, -0.2) is 0 Å². The van der Waals surface area contributed by atoms with Crippen molar-refractivity contribution in [3.05, 3.63) is 28.7 Å². The second kappa shape index (κ2) is 5.43. The molecule has 0 aliphatic carbocycles. The Hall–Kier alpha value is -0.580. The van der Waals surface area contributed by atoms with Gasteiger partial charge in [-0.15, -0.1) is 0 Å². The van der Waals surface area contributed by atoms with Crippen molar-refractivity contribution in [2.75, 3.05) is 25.0 Å². The predicted octanol–water partition coefficient (Wildman–Crippen LogP) is 2.82. The number of hydrogen-bond donors (Lipinski definition) is 2. The van der Waals surface area contributed by atoms with Crippen LogP contribution in [-0.2, 0) is 0 Å². The Morgan fingerprint density at radius 2 is 2.11 bits per heavy atom. The van der Waals surface area contributed by atoms with Gasteiger partial charge < -0.3 is 16.0 Å². The summed E-state index contributed by atoms with van der Waals surface area (Å²) >= 11 is 3.48. The van der Waals surface area contributed by atoms with E-state index < -0.39 is 0 Å². The zero-order chi connectivity index (χ0) is 13.3. The summed E-state index contributed by atoms with van der Waals surface area (Å²) in [5, 5.41) is 3.71. The van der Waals surface area contributed by atoms with Crippen LogP contribution in [0.3, 0.4) is 0 Å². The molecule has 0 radical (unpaired) electrons. The number of nitrogens with one attached hydrogen (secondary N) is 1. The minimum Gasteiger partial charge on any atom is -0.378 e. The monoisotopic (exact) mass is 323 g/mol. The maximum absolute atomic E-state index is 6.11. The number of rotatable bonds is 3. The second-order valence-corrected chi connectivity index (χ2v) is 6.82. The van der Waals surface area contributed by atoms with Crippen molar-refractivity contribution in [1.29, 1.82) is 0 Å². The van der Waals surface area contributed by atoms with E-state index in [2.05, 4.69) is 50.4 Å². The topological polar surface area (TPSA) is 41.3 Å². The lowest BCUT2D eigenvalue weighted by Crippen LogP contribution is -2.55. The lowest BCUT2D eigenvalue weighted by atomic mass is 9.83. The molecule has 3 N–H and O–H groups in total. The molecular formula is C15H22BrN3. The standard InChI is InChI=1S/C15H22BrN3/c16-12-3-5-13(6-4-12)18-15(11-17)7-9-19-8-1-2-14(19)10-15/h3-6,14,18H,1-2,7-11,17H2. The molecule has 2 unspecified atom stereocenters. The molecule has 19 heavy (non-hydrogen) atoms. The highest BCUT2D eigenvalue weighted by Crippen LogP contribution is 2.35. The first kappa shape index (κ1) is 13.4. The highest BCUT2D eigenvalue weighted by molar-refractivity contribution is 9.10. The Balaban J connectivity index is 1.74. The van der Waals surface area contributed by atoms with Crippen LogP contribution in [0.2, 0.25) is 0 Å². The molecule has 0 aromatic heterocycles. The second-order valence-electron chi connectivity index (χ2n) is 5.90. The first-order valence-electron chi connectivity index (χ1n) is 7.19. The van der Waals surface area contributed by atoms with Crippen LogP contribution in [0.4, 0.5) is 5.69 Å². The largest absolute Gasteiger partial charge is 0.378 e. The first-order valence-corrected chi connectivity index (χ1v) is 7.98. The molecule has 2 aliphatic heterocycles. The van der Waals surface area contributed by atoms with Crippen LogP contribution in [0.15, 0.2) is 28.7 Å². The van der Waals surface area contributed by atoms with Gasteiger partial charge in [0, 0.05) is 29.3 Å². The van der Waals surface area contributed by atoms with Gasteiger partial charge in [0.2, 0.25) is 0 Å². The molecule has 2 fully saturated rings. The van der Waals surface area contributed by atoms with E-state index in [9.17, 15) is 0 Å². The Bertz CT molecular complexity index is 434. The molecule has 104 valence electrons. The molecular weight excluding hydrogens is 302 g/mol. The number of hydrogen-bond acceptors (Lipinski definition) is 3. The van der Waals surface area contributed by atoms with Gasteiger partial charge in [0.25, 0.3) is 0 Å². The molecule has 4 heteroatoms. The van der Waals surface area contributed by atoms with Crippen molar-refractivity contribution < 1.29 is 0 Å². The molecule has 0 spiro atoms. The number of piperidine rings is 1. The number of benzene rings is 1. The minimum atomic E-state index is 0.0827. The van der Waals surface area contributed by atoms with Crippen molar-refractivity contribution in [3.63, 3.8) is 0 Å². The van der Waals surface area contributed by atoms with Crippen molar-refractivity contribution in [2.24, 2.45) is 5.73 Å². The highest BCUT2D eigenvalue weighted by atomic mass is 79.9. The van der Waals surface area contributed by atoms with Crippen molar-refractivity contribution >= 4 is 21.6 Å². The Labute approximate surface area is 123 Å². The zero-order valence-corrected chi connectivity index (χ0v) is 12.8. The van der Waals surface area contributed by atoms with Crippen LogP contribution in [-0.4, -0.2) is 36.1 Å². The Morgan fingerprint density at radius 1 is 1.32 bits per heavy atom. The summed E-state index contributed by atoms with van der Waals surface area (Å²) in [7, 11) is 0. The van der Waals surface area contributed by atoms with Gasteiger partial charge in [0.1, 0.15) is 0 Å². The summed E-state index contributed by atoms with van der Waals surface area (Å²) in [5.74, 6) is 0. The lowest BCUT2D eigenvalue weighted by Gasteiger charge is -2.44. The maximum Gasteiger partial charge on any atom is 0.0522 e. The van der Waals surface area contributed by atoms with Crippen LogP contribution in [0.5, 0.6) is 0 Å². The zero-order valence-electron chi connectivity index (χ0n) is 11.2. The third-order valence-corrected chi connectivity index (χ3v) is 5.18. The summed E-state index contributed by atoms with van der Waals surface area (Å²) in [4.78, 5) is 2.64. The fourth-order valence-corrected chi connectivity index (χ4v) is 3.79. The van der Waals surface area contributed by atoms with Gasteiger partial charge in [-0.05, 0) is 56.5 Å². The number of anilines is 1. The van der Waals surface area contributed by atoms with Gasteiger partial charge in [0.15, 0.2) is 0 Å². The number of fused-ring (bicyclic) bond motifs is 1. The van der Waals surface area contributed by atoms with E-state index in [0.29, 0.717) is 6.54 Å². The van der Waals surface area contributed by atoms with E-state index in [1.54, 1.807) is 0 Å². The number of halogens is 1.